The molecule has 0 radical (unpaired) electrons. The van der Waals surface area contributed by atoms with E-state index >= 15 is 0 Å². The molecule has 0 spiro atoms. The minimum atomic E-state index is -0.0968. The summed E-state index contributed by atoms with van der Waals surface area (Å²) in [6, 6.07) is 0. The summed E-state index contributed by atoms with van der Waals surface area (Å²) in [5, 5.41) is 0.487. The lowest BCUT2D eigenvalue weighted by Gasteiger charge is -2.19. The number of hydrogen-bond acceptors (Lipinski definition) is 3. The lowest BCUT2D eigenvalue weighted by atomic mass is 10.1. The summed E-state index contributed by atoms with van der Waals surface area (Å²) < 4.78 is 0. The zero-order chi connectivity index (χ0) is 10.5. The average Bonchev–Trinajstić information content (AvgIpc) is 1.95. The van der Waals surface area contributed by atoms with Crippen LogP contribution in [0.4, 0.5) is 0 Å². The highest BCUT2D eigenvalue weighted by molar-refractivity contribution is 8.00. The van der Waals surface area contributed by atoms with E-state index in [9.17, 15) is 0 Å². The molecule has 0 aliphatic carbocycles. The van der Waals surface area contributed by atoms with E-state index < -0.39 is 0 Å². The van der Waals surface area contributed by atoms with Crippen LogP contribution in [0.1, 0.15) is 27.7 Å². The van der Waals surface area contributed by atoms with E-state index in [0.717, 1.165) is 12.3 Å². The zero-order valence-electron chi connectivity index (χ0n) is 9.00. The predicted molar refractivity (Wildman–Crippen MR) is 62.3 cm³/mol. The molecule has 0 aromatic rings. The van der Waals surface area contributed by atoms with Gasteiger partial charge < -0.3 is 11.5 Å². The van der Waals surface area contributed by atoms with Crippen molar-refractivity contribution >= 4 is 17.6 Å². The van der Waals surface area contributed by atoms with E-state index in [4.69, 9.17) is 11.5 Å². The molecule has 0 aromatic heterocycles. The number of amidine groups is 1. The van der Waals surface area contributed by atoms with Gasteiger partial charge in [0.1, 0.15) is 0 Å². The normalized spacial score (nSPS) is 15.9. The molecule has 3 nitrogen and oxygen atoms in total. The second-order valence-corrected chi connectivity index (χ2v) is 5.52. The molecule has 0 heterocycles. The Hall–Kier alpha value is -0.220. The Kier molecular flexibility index (Phi) is 5.40. The van der Waals surface area contributed by atoms with Gasteiger partial charge in [-0.2, -0.15) is 11.8 Å². The van der Waals surface area contributed by atoms with Gasteiger partial charge in [0, 0.05) is 16.5 Å². The summed E-state index contributed by atoms with van der Waals surface area (Å²) in [7, 11) is 0. The molecule has 13 heavy (non-hydrogen) atoms. The number of hydrogen-bond donors (Lipinski definition) is 2. The Bertz CT molecular complexity index is 168. The number of nitrogens with zero attached hydrogens (tertiary/aromatic N) is 1. The monoisotopic (exact) mass is 203 g/mol. The maximum atomic E-state index is 5.86. The van der Waals surface area contributed by atoms with Gasteiger partial charge in [-0.1, -0.05) is 6.92 Å². The van der Waals surface area contributed by atoms with Crippen LogP contribution < -0.4 is 11.5 Å². The summed E-state index contributed by atoms with van der Waals surface area (Å²) in [6.45, 7) is 8.80. The Morgan fingerprint density at radius 3 is 2.46 bits per heavy atom. The van der Waals surface area contributed by atoms with Crippen molar-refractivity contribution in [2.75, 3.05) is 12.3 Å². The molecular weight excluding hydrogens is 182 g/mol. The molecule has 0 aromatic carbocycles. The fraction of sp³-hybridized carbons (Fsp3) is 0.889. The number of nitrogens with two attached hydrogens (primary N) is 2. The topological polar surface area (TPSA) is 64.4 Å². The predicted octanol–water partition coefficient (Wildman–Crippen LogP) is 1.22. The highest BCUT2D eigenvalue weighted by Gasteiger charge is 2.12. The molecule has 0 aliphatic heterocycles. The van der Waals surface area contributed by atoms with Crippen LogP contribution in [-0.4, -0.2) is 28.9 Å². The lowest BCUT2D eigenvalue weighted by Crippen LogP contribution is -2.35. The summed E-state index contributed by atoms with van der Waals surface area (Å²) >= 11 is 1.84. The average molecular weight is 203 g/mol. The van der Waals surface area contributed by atoms with Crippen LogP contribution in [0.2, 0.25) is 0 Å². The third-order valence-corrected chi connectivity index (χ3v) is 2.97. The fourth-order valence-electron chi connectivity index (χ4n) is 0.682. The van der Waals surface area contributed by atoms with E-state index in [1.165, 1.54) is 0 Å². The van der Waals surface area contributed by atoms with Crippen molar-refractivity contribution in [2.45, 2.75) is 38.5 Å². The van der Waals surface area contributed by atoms with Crippen molar-refractivity contribution in [1.29, 1.82) is 0 Å². The van der Waals surface area contributed by atoms with Gasteiger partial charge in [-0.3, -0.25) is 4.99 Å². The van der Waals surface area contributed by atoms with Crippen LogP contribution in [0.25, 0.3) is 0 Å². The summed E-state index contributed by atoms with van der Waals surface area (Å²) in [6.07, 6.45) is 0. The fourth-order valence-corrected chi connectivity index (χ4v) is 1.58. The Morgan fingerprint density at radius 1 is 1.54 bits per heavy atom. The first-order valence-electron chi connectivity index (χ1n) is 4.48. The molecule has 0 fully saturated rings. The smallest absolute Gasteiger partial charge is 0.0906 e. The second-order valence-electron chi connectivity index (χ2n) is 4.09. The molecule has 1 atom stereocenters. The first-order chi connectivity index (χ1) is 5.81. The van der Waals surface area contributed by atoms with Crippen molar-refractivity contribution in [3.8, 4) is 0 Å². The zero-order valence-corrected chi connectivity index (χ0v) is 9.82. The van der Waals surface area contributed by atoms with Crippen LogP contribution in [0.5, 0.6) is 0 Å². The Balaban J connectivity index is 3.64. The molecule has 78 valence electrons. The van der Waals surface area contributed by atoms with Gasteiger partial charge >= 0.3 is 0 Å². The summed E-state index contributed by atoms with van der Waals surface area (Å²) in [5.41, 5.74) is 11.2. The SMILES string of the molecule is CC(N)=NC[C@@H](C)SCC(C)(C)N. The van der Waals surface area contributed by atoms with Gasteiger partial charge in [-0.05, 0) is 20.8 Å². The van der Waals surface area contributed by atoms with Gasteiger partial charge in [0.05, 0.1) is 12.4 Å². The van der Waals surface area contributed by atoms with Crippen molar-refractivity contribution in [3.63, 3.8) is 0 Å². The van der Waals surface area contributed by atoms with Crippen LogP contribution >= 0.6 is 11.8 Å². The third-order valence-electron chi connectivity index (χ3n) is 1.34. The van der Waals surface area contributed by atoms with E-state index in [1.807, 2.05) is 32.5 Å². The third kappa shape index (κ3) is 9.70. The minimum Gasteiger partial charge on any atom is -0.388 e. The quantitative estimate of drug-likeness (QED) is 0.521. The Labute approximate surface area is 85.4 Å². The maximum Gasteiger partial charge on any atom is 0.0906 e. The van der Waals surface area contributed by atoms with E-state index in [-0.39, 0.29) is 5.54 Å². The van der Waals surface area contributed by atoms with Crippen molar-refractivity contribution in [1.82, 2.24) is 0 Å². The van der Waals surface area contributed by atoms with E-state index in [2.05, 4.69) is 11.9 Å². The van der Waals surface area contributed by atoms with Gasteiger partial charge in [0.25, 0.3) is 0 Å². The Morgan fingerprint density at radius 2 is 2.08 bits per heavy atom. The van der Waals surface area contributed by atoms with Gasteiger partial charge in [-0.25, -0.2) is 0 Å². The molecular formula is C9H21N3S. The van der Waals surface area contributed by atoms with Gasteiger partial charge in [0.15, 0.2) is 0 Å². The van der Waals surface area contributed by atoms with Crippen LogP contribution in [-0.2, 0) is 0 Å². The molecule has 0 aliphatic rings. The van der Waals surface area contributed by atoms with Crippen LogP contribution in [0.15, 0.2) is 4.99 Å². The maximum absolute atomic E-state index is 5.86. The molecule has 0 bridgehead atoms. The van der Waals surface area contributed by atoms with Crippen LogP contribution in [0, 0.1) is 0 Å². The van der Waals surface area contributed by atoms with Crippen molar-refractivity contribution in [2.24, 2.45) is 16.5 Å². The highest BCUT2D eigenvalue weighted by Crippen LogP contribution is 2.15. The molecule has 4 heteroatoms. The highest BCUT2D eigenvalue weighted by atomic mass is 32.2. The van der Waals surface area contributed by atoms with E-state index in [0.29, 0.717) is 11.1 Å². The largest absolute Gasteiger partial charge is 0.388 e. The number of rotatable bonds is 5. The summed E-state index contributed by atoms with van der Waals surface area (Å²) in [5.74, 6) is 1.60. The van der Waals surface area contributed by atoms with Crippen molar-refractivity contribution in [3.05, 3.63) is 0 Å². The van der Waals surface area contributed by atoms with Gasteiger partial charge in [0.2, 0.25) is 0 Å². The molecule has 0 saturated heterocycles. The molecule has 0 amide bonds. The molecule has 0 rings (SSSR count). The minimum absolute atomic E-state index is 0.0968. The lowest BCUT2D eigenvalue weighted by molar-refractivity contribution is 0.590. The summed E-state index contributed by atoms with van der Waals surface area (Å²) in [4.78, 5) is 4.16. The first kappa shape index (κ1) is 12.8. The molecule has 0 unspecified atom stereocenters. The molecule has 4 N–H and O–H groups in total. The van der Waals surface area contributed by atoms with Crippen LogP contribution in [0.3, 0.4) is 0 Å². The number of aliphatic imine (C=N–C) groups is 1. The molecule has 0 saturated carbocycles. The van der Waals surface area contributed by atoms with E-state index in [1.54, 1.807) is 0 Å². The first-order valence-corrected chi connectivity index (χ1v) is 5.53. The second kappa shape index (κ2) is 5.50. The number of thioether (sulfide) groups is 1. The standard InChI is InChI=1S/C9H21N3S/c1-7(5-12-8(2)10)13-6-9(3,4)11/h7H,5-6,11H2,1-4H3,(H2,10,12)/t7-/m1/s1. The van der Waals surface area contributed by atoms with Gasteiger partial charge in [-0.15, -0.1) is 0 Å². The van der Waals surface area contributed by atoms with Crippen molar-refractivity contribution < 1.29 is 0 Å².